The van der Waals surface area contributed by atoms with E-state index < -0.39 is 0 Å². The van der Waals surface area contributed by atoms with Gasteiger partial charge < -0.3 is 10.1 Å². The third kappa shape index (κ3) is 3.56. The molecule has 0 bridgehead atoms. The van der Waals surface area contributed by atoms with Crippen molar-refractivity contribution < 1.29 is 4.74 Å². The number of hydrogen-bond acceptors (Lipinski definition) is 3. The van der Waals surface area contributed by atoms with Crippen LogP contribution in [0.2, 0.25) is 0 Å². The second-order valence-electron chi connectivity index (χ2n) is 5.14. The Kier molecular flexibility index (Phi) is 5.24. The number of rotatable bonds is 5. The van der Waals surface area contributed by atoms with Crippen LogP contribution in [-0.2, 0) is 11.2 Å². The van der Waals surface area contributed by atoms with Crippen LogP contribution in [0, 0.1) is 0 Å². The van der Waals surface area contributed by atoms with Crippen molar-refractivity contribution in [3.8, 4) is 0 Å². The van der Waals surface area contributed by atoms with Gasteiger partial charge in [-0.1, -0.05) is 6.92 Å². The van der Waals surface area contributed by atoms with Crippen molar-refractivity contribution in [1.29, 1.82) is 0 Å². The minimum absolute atomic E-state index is 0.00920. The van der Waals surface area contributed by atoms with Gasteiger partial charge in [-0.25, -0.2) is 0 Å². The highest BCUT2D eigenvalue weighted by Gasteiger charge is 2.36. The van der Waals surface area contributed by atoms with E-state index in [1.54, 1.807) is 0 Å². The van der Waals surface area contributed by atoms with Crippen LogP contribution in [0.15, 0.2) is 15.9 Å². The molecule has 102 valence electrons. The van der Waals surface area contributed by atoms with E-state index >= 15 is 0 Å². The lowest BCUT2D eigenvalue weighted by molar-refractivity contribution is -0.0879. The van der Waals surface area contributed by atoms with Gasteiger partial charge in [-0.15, -0.1) is 11.3 Å². The molecule has 0 radical (unpaired) electrons. The van der Waals surface area contributed by atoms with Gasteiger partial charge in [0.2, 0.25) is 0 Å². The molecule has 18 heavy (non-hydrogen) atoms. The van der Waals surface area contributed by atoms with Crippen molar-refractivity contribution in [3.05, 3.63) is 20.8 Å². The molecule has 0 saturated carbocycles. The average molecular weight is 332 g/mol. The first kappa shape index (κ1) is 14.5. The van der Waals surface area contributed by atoms with E-state index in [2.05, 4.69) is 47.2 Å². The minimum atomic E-state index is -0.00920. The van der Waals surface area contributed by atoms with Crippen LogP contribution >= 0.6 is 27.3 Å². The predicted octanol–water partition coefficient (Wildman–Crippen LogP) is 3.99. The topological polar surface area (TPSA) is 21.3 Å². The molecule has 2 unspecified atom stereocenters. The normalized spacial score (nSPS) is 26.2. The molecule has 0 amide bonds. The van der Waals surface area contributed by atoms with E-state index in [0.717, 1.165) is 26.0 Å². The van der Waals surface area contributed by atoms with Gasteiger partial charge in [-0.3, -0.25) is 0 Å². The van der Waals surface area contributed by atoms with Gasteiger partial charge in [0.05, 0.1) is 9.39 Å². The van der Waals surface area contributed by atoms with E-state index in [1.807, 2.05) is 11.3 Å². The Hall–Kier alpha value is 0.1000. The third-order valence-corrected chi connectivity index (χ3v) is 5.37. The molecule has 1 aliphatic rings. The van der Waals surface area contributed by atoms with Crippen molar-refractivity contribution in [2.45, 2.75) is 51.2 Å². The molecule has 0 spiro atoms. The first-order valence-electron chi connectivity index (χ1n) is 6.75. The molecular weight excluding hydrogens is 310 g/mol. The zero-order valence-corrected chi connectivity index (χ0v) is 13.6. The fourth-order valence-electron chi connectivity index (χ4n) is 2.64. The second-order valence-corrected chi connectivity index (χ2v) is 7.69. The number of hydrogen-bond donors (Lipinski definition) is 1. The van der Waals surface area contributed by atoms with E-state index in [0.29, 0.717) is 6.04 Å². The van der Waals surface area contributed by atoms with Gasteiger partial charge in [0.1, 0.15) is 0 Å². The lowest BCUT2D eigenvalue weighted by atomic mass is 9.86. The zero-order valence-electron chi connectivity index (χ0n) is 11.2. The Labute approximate surface area is 122 Å². The van der Waals surface area contributed by atoms with Crippen molar-refractivity contribution >= 4 is 27.3 Å². The van der Waals surface area contributed by atoms with Crippen LogP contribution in [0.5, 0.6) is 0 Å². The Morgan fingerprint density at radius 3 is 2.89 bits per heavy atom. The summed E-state index contributed by atoms with van der Waals surface area (Å²) < 4.78 is 7.30. The van der Waals surface area contributed by atoms with E-state index in [9.17, 15) is 0 Å². The van der Waals surface area contributed by atoms with Gasteiger partial charge in [0.15, 0.2) is 0 Å². The van der Waals surface area contributed by atoms with Crippen LogP contribution in [-0.4, -0.2) is 24.8 Å². The summed E-state index contributed by atoms with van der Waals surface area (Å²) in [5, 5.41) is 3.62. The Morgan fingerprint density at radius 2 is 2.33 bits per heavy atom. The van der Waals surface area contributed by atoms with Gasteiger partial charge >= 0.3 is 0 Å². The SMILES string of the molecule is CCNC(Cc1ccc(Br)s1)C1(C)CCCCO1. The molecule has 0 aromatic carbocycles. The van der Waals surface area contributed by atoms with Crippen LogP contribution < -0.4 is 5.32 Å². The molecule has 1 aromatic rings. The smallest absolute Gasteiger partial charge is 0.0810 e. The maximum absolute atomic E-state index is 6.09. The zero-order chi connectivity index (χ0) is 13.0. The fraction of sp³-hybridized carbons (Fsp3) is 0.714. The highest BCUT2D eigenvalue weighted by molar-refractivity contribution is 9.11. The lowest BCUT2D eigenvalue weighted by Gasteiger charge is -2.41. The molecule has 2 heterocycles. The van der Waals surface area contributed by atoms with Gasteiger partial charge in [0, 0.05) is 17.5 Å². The van der Waals surface area contributed by atoms with Crippen molar-refractivity contribution in [2.75, 3.05) is 13.2 Å². The van der Waals surface area contributed by atoms with Crippen molar-refractivity contribution in [3.63, 3.8) is 0 Å². The van der Waals surface area contributed by atoms with E-state index in [1.165, 1.54) is 21.5 Å². The summed E-state index contributed by atoms with van der Waals surface area (Å²) in [7, 11) is 0. The van der Waals surface area contributed by atoms with E-state index in [-0.39, 0.29) is 5.60 Å². The molecule has 1 fully saturated rings. The predicted molar refractivity (Wildman–Crippen MR) is 81.4 cm³/mol. The second kappa shape index (κ2) is 6.51. The molecule has 0 aliphatic carbocycles. The van der Waals surface area contributed by atoms with Crippen molar-refractivity contribution in [1.82, 2.24) is 5.32 Å². The standard InChI is InChI=1S/C14H22BrNOS/c1-3-16-12(10-11-6-7-13(15)18-11)14(2)8-4-5-9-17-14/h6-7,12,16H,3-5,8-10H2,1-2H3. The summed E-state index contributed by atoms with van der Waals surface area (Å²) >= 11 is 5.36. The van der Waals surface area contributed by atoms with Crippen LogP contribution in [0.4, 0.5) is 0 Å². The first-order valence-corrected chi connectivity index (χ1v) is 8.36. The highest BCUT2D eigenvalue weighted by Crippen LogP contribution is 2.31. The molecule has 2 nitrogen and oxygen atoms in total. The summed E-state index contributed by atoms with van der Waals surface area (Å²) in [5.74, 6) is 0. The number of ether oxygens (including phenoxy) is 1. The van der Waals surface area contributed by atoms with Gasteiger partial charge in [0.25, 0.3) is 0 Å². The quantitative estimate of drug-likeness (QED) is 0.880. The monoisotopic (exact) mass is 331 g/mol. The molecule has 1 aliphatic heterocycles. The molecule has 2 atom stereocenters. The molecular formula is C14H22BrNOS. The number of likely N-dealkylation sites (N-methyl/N-ethyl adjacent to an activating group) is 1. The van der Waals surface area contributed by atoms with Gasteiger partial charge in [-0.05, 0) is 67.2 Å². The van der Waals surface area contributed by atoms with Crippen LogP contribution in [0.3, 0.4) is 0 Å². The number of thiophene rings is 1. The van der Waals surface area contributed by atoms with Gasteiger partial charge in [-0.2, -0.15) is 0 Å². The van der Waals surface area contributed by atoms with Crippen LogP contribution in [0.25, 0.3) is 0 Å². The summed E-state index contributed by atoms with van der Waals surface area (Å²) in [6, 6.07) is 4.76. The number of halogens is 1. The third-order valence-electron chi connectivity index (χ3n) is 3.72. The maximum Gasteiger partial charge on any atom is 0.0810 e. The summed E-state index contributed by atoms with van der Waals surface area (Å²) in [5.41, 5.74) is -0.00920. The van der Waals surface area contributed by atoms with Crippen LogP contribution in [0.1, 0.15) is 38.0 Å². The Balaban J connectivity index is 2.06. The van der Waals surface area contributed by atoms with E-state index in [4.69, 9.17) is 4.74 Å². The first-order chi connectivity index (χ1) is 8.64. The molecule has 2 rings (SSSR count). The van der Waals surface area contributed by atoms with Crippen molar-refractivity contribution in [2.24, 2.45) is 0 Å². The summed E-state index contributed by atoms with van der Waals surface area (Å²) in [4.78, 5) is 1.42. The average Bonchev–Trinajstić information content (AvgIpc) is 2.75. The molecule has 1 aromatic heterocycles. The number of nitrogens with one attached hydrogen (secondary N) is 1. The molecule has 4 heteroatoms. The Morgan fingerprint density at radius 1 is 1.50 bits per heavy atom. The molecule has 1 saturated heterocycles. The highest BCUT2D eigenvalue weighted by atomic mass is 79.9. The largest absolute Gasteiger partial charge is 0.374 e. The maximum atomic E-state index is 6.09. The lowest BCUT2D eigenvalue weighted by Crippen LogP contribution is -2.53. The summed E-state index contributed by atoms with van der Waals surface area (Å²) in [6.07, 6.45) is 4.71. The Bertz CT molecular complexity index is 374. The minimum Gasteiger partial charge on any atom is -0.374 e. The fourth-order valence-corrected chi connectivity index (χ4v) is 4.17. The summed E-state index contributed by atoms with van der Waals surface area (Å²) in [6.45, 7) is 6.34. The molecule has 1 N–H and O–H groups in total.